The molecule has 1 rings (SSSR count). The van der Waals surface area contributed by atoms with Crippen LogP contribution in [0.5, 0.6) is 11.5 Å². The Hall–Kier alpha value is -1.30. The van der Waals surface area contributed by atoms with E-state index in [1.54, 1.807) is 6.07 Å². The van der Waals surface area contributed by atoms with Gasteiger partial charge in [0.1, 0.15) is 5.75 Å². The zero-order chi connectivity index (χ0) is 11.3. The largest absolute Gasteiger partial charge is 0.496 e. The molecule has 0 saturated heterocycles. The molecule has 1 aromatic rings. The third-order valence-electron chi connectivity index (χ3n) is 1.70. The maximum atomic E-state index is 10.7. The van der Waals surface area contributed by atoms with Crippen LogP contribution in [0.1, 0.15) is 0 Å². The highest BCUT2D eigenvalue weighted by Gasteiger charge is 2.15. The number of nitro groups is 1. The van der Waals surface area contributed by atoms with Gasteiger partial charge in [0.05, 0.1) is 24.7 Å². The molecule has 0 aliphatic heterocycles. The van der Waals surface area contributed by atoms with Crippen molar-refractivity contribution in [3.8, 4) is 11.5 Å². The van der Waals surface area contributed by atoms with Crippen molar-refractivity contribution in [2.45, 2.75) is 0 Å². The Morgan fingerprint density at radius 2 is 2.27 bits per heavy atom. The summed E-state index contributed by atoms with van der Waals surface area (Å²) in [5.74, 6) is 0.688. The molecule has 0 spiro atoms. The molecule has 6 heteroatoms. The molecule has 5 nitrogen and oxygen atoms in total. The Bertz CT molecular complexity index is 356. The Kier molecular flexibility index (Phi) is 4.36. The van der Waals surface area contributed by atoms with Crippen LogP contribution in [0.4, 0.5) is 5.69 Å². The molecule has 1 aromatic carbocycles. The summed E-state index contributed by atoms with van der Waals surface area (Å²) in [7, 11) is 1.46. The summed E-state index contributed by atoms with van der Waals surface area (Å²) < 4.78 is 10.1. The monoisotopic (exact) mass is 275 g/mol. The summed E-state index contributed by atoms with van der Waals surface area (Å²) in [4.78, 5) is 10.2. The molecule has 0 aliphatic carbocycles. The highest BCUT2D eigenvalue weighted by Crippen LogP contribution is 2.30. The molecule has 0 saturated carbocycles. The van der Waals surface area contributed by atoms with Crippen LogP contribution in [-0.2, 0) is 0 Å². The van der Waals surface area contributed by atoms with Crippen molar-refractivity contribution in [3.63, 3.8) is 0 Å². The van der Waals surface area contributed by atoms with E-state index >= 15 is 0 Å². The number of rotatable bonds is 5. The first-order valence-electron chi connectivity index (χ1n) is 4.20. The third-order valence-corrected chi connectivity index (χ3v) is 2.02. The molecule has 0 aromatic heterocycles. The minimum absolute atomic E-state index is 0.0877. The van der Waals surface area contributed by atoms with Crippen molar-refractivity contribution < 1.29 is 14.4 Å². The van der Waals surface area contributed by atoms with Crippen LogP contribution >= 0.6 is 15.9 Å². The fraction of sp³-hybridized carbons (Fsp3) is 0.333. The SMILES string of the molecule is COc1ccc(OCCBr)c([N+](=O)[O-])c1. The van der Waals surface area contributed by atoms with E-state index in [1.807, 2.05) is 0 Å². The molecule has 0 N–H and O–H groups in total. The zero-order valence-electron chi connectivity index (χ0n) is 8.10. The Labute approximate surface area is 95.3 Å². The van der Waals surface area contributed by atoms with Crippen molar-refractivity contribution in [2.75, 3.05) is 19.0 Å². The van der Waals surface area contributed by atoms with Gasteiger partial charge in [0.15, 0.2) is 5.75 Å². The zero-order valence-corrected chi connectivity index (χ0v) is 9.69. The molecule has 0 heterocycles. The highest BCUT2D eigenvalue weighted by atomic mass is 79.9. The average Bonchev–Trinajstić information content (AvgIpc) is 2.26. The van der Waals surface area contributed by atoms with E-state index in [4.69, 9.17) is 9.47 Å². The molecule has 15 heavy (non-hydrogen) atoms. The van der Waals surface area contributed by atoms with Gasteiger partial charge in [-0.25, -0.2) is 0 Å². The average molecular weight is 276 g/mol. The van der Waals surface area contributed by atoms with Gasteiger partial charge in [0, 0.05) is 5.33 Å². The molecule has 0 fully saturated rings. The van der Waals surface area contributed by atoms with Crippen LogP contribution in [-0.4, -0.2) is 24.0 Å². The summed E-state index contributed by atoms with van der Waals surface area (Å²) in [5, 5.41) is 11.3. The Morgan fingerprint density at radius 1 is 1.53 bits per heavy atom. The van der Waals surface area contributed by atoms with Crippen molar-refractivity contribution in [1.29, 1.82) is 0 Å². The lowest BCUT2D eigenvalue weighted by molar-refractivity contribution is -0.385. The Morgan fingerprint density at radius 3 is 2.80 bits per heavy atom. The molecule has 0 bridgehead atoms. The number of alkyl halides is 1. The fourth-order valence-electron chi connectivity index (χ4n) is 1.04. The van der Waals surface area contributed by atoms with E-state index in [9.17, 15) is 10.1 Å². The van der Waals surface area contributed by atoms with Gasteiger partial charge in [-0.1, -0.05) is 15.9 Å². The van der Waals surface area contributed by atoms with Crippen molar-refractivity contribution in [2.24, 2.45) is 0 Å². The van der Waals surface area contributed by atoms with E-state index in [0.29, 0.717) is 17.7 Å². The number of nitrogens with zero attached hydrogens (tertiary/aromatic N) is 1. The molecule has 0 unspecified atom stereocenters. The lowest BCUT2D eigenvalue weighted by atomic mass is 10.3. The number of nitro benzene ring substituents is 1. The number of methoxy groups -OCH3 is 1. The number of hydrogen-bond acceptors (Lipinski definition) is 4. The quantitative estimate of drug-likeness (QED) is 0.470. The summed E-state index contributed by atoms with van der Waals surface area (Å²) in [6, 6.07) is 4.49. The normalized spacial score (nSPS) is 9.73. The second kappa shape index (κ2) is 5.55. The van der Waals surface area contributed by atoms with Crippen LogP contribution in [0.3, 0.4) is 0 Å². The van der Waals surface area contributed by atoms with E-state index in [2.05, 4.69) is 15.9 Å². The van der Waals surface area contributed by atoms with Gasteiger partial charge in [-0.05, 0) is 12.1 Å². The number of hydrogen-bond donors (Lipinski definition) is 0. The lowest BCUT2D eigenvalue weighted by Gasteiger charge is -2.06. The first kappa shape index (κ1) is 11.8. The predicted molar refractivity (Wildman–Crippen MR) is 58.9 cm³/mol. The van der Waals surface area contributed by atoms with E-state index in [1.165, 1.54) is 19.2 Å². The topological polar surface area (TPSA) is 61.6 Å². The van der Waals surface area contributed by atoms with E-state index in [-0.39, 0.29) is 11.4 Å². The summed E-state index contributed by atoms with van der Waals surface area (Å²) in [6.45, 7) is 0.382. The van der Waals surface area contributed by atoms with Gasteiger partial charge in [-0.3, -0.25) is 10.1 Å². The second-order valence-corrected chi connectivity index (χ2v) is 3.42. The van der Waals surface area contributed by atoms with Crippen LogP contribution in [0.25, 0.3) is 0 Å². The molecular weight excluding hydrogens is 266 g/mol. The van der Waals surface area contributed by atoms with Crippen molar-refractivity contribution in [1.82, 2.24) is 0 Å². The standard InChI is InChI=1S/C9H10BrNO4/c1-14-7-2-3-9(15-5-4-10)8(6-7)11(12)13/h2-3,6H,4-5H2,1H3. The van der Waals surface area contributed by atoms with Gasteiger partial charge < -0.3 is 9.47 Å². The fourth-order valence-corrected chi connectivity index (χ4v) is 1.20. The summed E-state index contributed by atoms with van der Waals surface area (Å²) in [6.07, 6.45) is 0. The van der Waals surface area contributed by atoms with E-state index < -0.39 is 4.92 Å². The van der Waals surface area contributed by atoms with Crippen molar-refractivity contribution in [3.05, 3.63) is 28.3 Å². The molecule has 0 amide bonds. The van der Waals surface area contributed by atoms with Gasteiger partial charge in [0.25, 0.3) is 0 Å². The number of benzene rings is 1. The number of halogens is 1. The highest BCUT2D eigenvalue weighted by molar-refractivity contribution is 9.09. The van der Waals surface area contributed by atoms with Crippen LogP contribution in [0.2, 0.25) is 0 Å². The first-order valence-corrected chi connectivity index (χ1v) is 5.32. The van der Waals surface area contributed by atoms with Gasteiger partial charge >= 0.3 is 5.69 Å². The molecular formula is C9H10BrNO4. The molecule has 0 aliphatic rings. The Balaban J connectivity index is 2.98. The number of ether oxygens (including phenoxy) is 2. The lowest BCUT2D eigenvalue weighted by Crippen LogP contribution is -2.01. The summed E-state index contributed by atoms with van der Waals surface area (Å²) in [5.41, 5.74) is -0.0877. The van der Waals surface area contributed by atoms with Gasteiger partial charge in [0.2, 0.25) is 0 Å². The van der Waals surface area contributed by atoms with Crippen LogP contribution in [0.15, 0.2) is 18.2 Å². The minimum Gasteiger partial charge on any atom is -0.496 e. The summed E-state index contributed by atoms with van der Waals surface area (Å²) >= 11 is 3.18. The molecule has 82 valence electrons. The molecule has 0 radical (unpaired) electrons. The maximum absolute atomic E-state index is 10.7. The maximum Gasteiger partial charge on any atom is 0.314 e. The minimum atomic E-state index is -0.494. The van der Waals surface area contributed by atoms with Crippen molar-refractivity contribution >= 4 is 21.6 Å². The van der Waals surface area contributed by atoms with Crippen LogP contribution < -0.4 is 9.47 Å². The van der Waals surface area contributed by atoms with Crippen LogP contribution in [0, 0.1) is 10.1 Å². The van der Waals surface area contributed by atoms with Gasteiger partial charge in [-0.2, -0.15) is 0 Å². The van der Waals surface area contributed by atoms with Gasteiger partial charge in [-0.15, -0.1) is 0 Å². The predicted octanol–water partition coefficient (Wildman–Crippen LogP) is 2.38. The third kappa shape index (κ3) is 3.09. The first-order chi connectivity index (χ1) is 7.19. The van der Waals surface area contributed by atoms with E-state index in [0.717, 1.165) is 0 Å². The molecule has 0 atom stereocenters. The second-order valence-electron chi connectivity index (χ2n) is 2.63. The smallest absolute Gasteiger partial charge is 0.314 e.